The maximum Gasteiger partial charge on any atom is 0.159 e. The molecule has 3 rings (SSSR count). The molecule has 0 fully saturated rings. The van der Waals surface area contributed by atoms with Crippen LogP contribution in [0.4, 0.5) is 5.69 Å². The molecule has 104 valence electrons. The molecule has 0 amide bonds. The lowest BCUT2D eigenvalue weighted by Crippen LogP contribution is -2.08. The molecule has 0 aliphatic carbocycles. The highest BCUT2D eigenvalue weighted by Gasteiger charge is 2.07. The molecule has 2 heterocycles. The van der Waals surface area contributed by atoms with Crippen molar-refractivity contribution < 1.29 is 0 Å². The summed E-state index contributed by atoms with van der Waals surface area (Å²) >= 11 is 0. The molecule has 0 bridgehead atoms. The molecule has 21 heavy (non-hydrogen) atoms. The van der Waals surface area contributed by atoms with Crippen molar-refractivity contribution in [3.63, 3.8) is 0 Å². The fraction of sp³-hybridized carbons (Fsp3) is 0.118. The number of hydrogen-bond donors (Lipinski definition) is 1. The van der Waals surface area contributed by atoms with Crippen LogP contribution in [0, 0.1) is 0 Å². The highest BCUT2D eigenvalue weighted by Crippen LogP contribution is 2.18. The van der Waals surface area contributed by atoms with E-state index in [9.17, 15) is 0 Å². The van der Waals surface area contributed by atoms with Gasteiger partial charge in [-0.05, 0) is 19.1 Å². The van der Waals surface area contributed by atoms with Crippen LogP contribution in [0.2, 0.25) is 0 Å². The molecule has 0 spiro atoms. The van der Waals surface area contributed by atoms with Gasteiger partial charge < -0.3 is 5.32 Å². The van der Waals surface area contributed by atoms with Gasteiger partial charge in [0.1, 0.15) is 0 Å². The maximum atomic E-state index is 4.40. The Morgan fingerprint density at radius 3 is 2.24 bits per heavy atom. The highest BCUT2D eigenvalue weighted by atomic mass is 15.0. The molecule has 2 aromatic heterocycles. The summed E-state index contributed by atoms with van der Waals surface area (Å²) in [5.41, 5.74) is 2.89. The largest absolute Gasteiger partial charge is 0.374 e. The van der Waals surface area contributed by atoms with Gasteiger partial charge in [0.15, 0.2) is 5.82 Å². The Bertz CT molecular complexity index is 681. The van der Waals surface area contributed by atoms with E-state index in [2.05, 4.69) is 27.2 Å². The number of benzene rings is 1. The van der Waals surface area contributed by atoms with E-state index in [1.807, 2.05) is 48.5 Å². The van der Waals surface area contributed by atoms with Gasteiger partial charge in [0, 0.05) is 11.8 Å². The van der Waals surface area contributed by atoms with E-state index in [-0.39, 0.29) is 6.04 Å². The molecule has 0 aliphatic heterocycles. The third-order valence-corrected chi connectivity index (χ3v) is 3.20. The average Bonchev–Trinajstić information content (AvgIpc) is 2.57. The van der Waals surface area contributed by atoms with Crippen molar-refractivity contribution in [2.45, 2.75) is 13.0 Å². The minimum absolute atomic E-state index is 0.109. The van der Waals surface area contributed by atoms with Crippen molar-refractivity contribution >= 4 is 5.69 Å². The van der Waals surface area contributed by atoms with Crippen LogP contribution in [0.5, 0.6) is 0 Å². The molecule has 1 atom stereocenters. The number of anilines is 1. The van der Waals surface area contributed by atoms with E-state index < -0.39 is 0 Å². The topological polar surface area (TPSA) is 50.7 Å². The molecule has 1 N–H and O–H groups in total. The Morgan fingerprint density at radius 1 is 0.857 bits per heavy atom. The maximum absolute atomic E-state index is 4.40. The smallest absolute Gasteiger partial charge is 0.159 e. The Kier molecular flexibility index (Phi) is 3.87. The van der Waals surface area contributed by atoms with Crippen molar-refractivity contribution in [2.24, 2.45) is 0 Å². The summed E-state index contributed by atoms with van der Waals surface area (Å²) in [6.07, 6.45) is 5.39. The normalized spacial score (nSPS) is 11.9. The predicted octanol–water partition coefficient (Wildman–Crippen LogP) is 3.71. The third kappa shape index (κ3) is 3.23. The summed E-state index contributed by atoms with van der Waals surface area (Å²) in [7, 11) is 0. The monoisotopic (exact) mass is 276 g/mol. The molecule has 0 saturated carbocycles. The summed E-state index contributed by atoms with van der Waals surface area (Å²) < 4.78 is 0. The van der Waals surface area contributed by atoms with Crippen molar-refractivity contribution in [1.82, 2.24) is 15.0 Å². The number of pyridine rings is 1. The van der Waals surface area contributed by atoms with Gasteiger partial charge in [-0.2, -0.15) is 0 Å². The summed E-state index contributed by atoms with van der Waals surface area (Å²) in [4.78, 5) is 13.1. The van der Waals surface area contributed by atoms with Gasteiger partial charge in [-0.1, -0.05) is 36.4 Å². The Morgan fingerprint density at radius 2 is 1.57 bits per heavy atom. The predicted molar refractivity (Wildman–Crippen MR) is 83.7 cm³/mol. The second kappa shape index (κ2) is 6.13. The molecule has 1 aromatic carbocycles. The van der Waals surface area contributed by atoms with Crippen molar-refractivity contribution in [3.8, 4) is 11.4 Å². The summed E-state index contributed by atoms with van der Waals surface area (Å²) in [6, 6.07) is 15.9. The van der Waals surface area contributed by atoms with E-state index >= 15 is 0 Å². The second-order valence-electron chi connectivity index (χ2n) is 4.78. The molecule has 4 nitrogen and oxygen atoms in total. The molecular formula is C17H16N4. The van der Waals surface area contributed by atoms with E-state index in [0.29, 0.717) is 0 Å². The lowest BCUT2D eigenvalue weighted by molar-refractivity contribution is 0.836. The zero-order valence-corrected chi connectivity index (χ0v) is 11.8. The van der Waals surface area contributed by atoms with Gasteiger partial charge in [-0.15, -0.1) is 0 Å². The van der Waals surface area contributed by atoms with Crippen molar-refractivity contribution in [3.05, 3.63) is 72.8 Å². The van der Waals surface area contributed by atoms with E-state index in [0.717, 1.165) is 22.8 Å². The zero-order valence-electron chi connectivity index (χ0n) is 11.8. The second-order valence-corrected chi connectivity index (χ2v) is 4.78. The van der Waals surface area contributed by atoms with Gasteiger partial charge in [-0.3, -0.25) is 4.98 Å². The van der Waals surface area contributed by atoms with E-state index in [4.69, 9.17) is 0 Å². The molecule has 0 radical (unpaired) electrons. The van der Waals surface area contributed by atoms with Crippen LogP contribution in [-0.4, -0.2) is 15.0 Å². The molecule has 0 saturated heterocycles. The van der Waals surface area contributed by atoms with E-state index in [1.54, 1.807) is 18.6 Å². The first kappa shape index (κ1) is 13.2. The number of nitrogens with zero attached hydrogens (tertiary/aromatic N) is 3. The number of rotatable bonds is 4. The van der Waals surface area contributed by atoms with Gasteiger partial charge in [0.2, 0.25) is 0 Å². The standard InChI is InChI=1S/C17H16N4/c1-13(16-9-5-6-10-18-16)21-15-11-19-17(20-12-15)14-7-3-2-4-8-14/h2-13,21H,1H3. The quantitative estimate of drug-likeness (QED) is 0.789. The molecule has 0 aliphatic rings. The number of nitrogens with one attached hydrogen (secondary N) is 1. The van der Waals surface area contributed by atoms with Crippen LogP contribution in [-0.2, 0) is 0 Å². The lowest BCUT2D eigenvalue weighted by Gasteiger charge is -2.14. The van der Waals surface area contributed by atoms with E-state index in [1.165, 1.54) is 0 Å². The van der Waals surface area contributed by atoms with Crippen LogP contribution in [0.25, 0.3) is 11.4 Å². The SMILES string of the molecule is CC(Nc1cnc(-c2ccccc2)nc1)c1ccccn1. The minimum Gasteiger partial charge on any atom is -0.374 e. The number of aromatic nitrogens is 3. The Labute approximate surface area is 123 Å². The first-order valence-corrected chi connectivity index (χ1v) is 6.88. The first-order valence-electron chi connectivity index (χ1n) is 6.88. The van der Waals surface area contributed by atoms with Crippen LogP contribution in [0.15, 0.2) is 67.1 Å². The van der Waals surface area contributed by atoms with Crippen molar-refractivity contribution in [2.75, 3.05) is 5.32 Å². The van der Waals surface area contributed by atoms with Crippen LogP contribution < -0.4 is 5.32 Å². The fourth-order valence-electron chi connectivity index (χ4n) is 2.09. The molecule has 3 aromatic rings. The minimum atomic E-state index is 0.109. The fourth-order valence-corrected chi connectivity index (χ4v) is 2.09. The van der Waals surface area contributed by atoms with Gasteiger partial charge in [-0.25, -0.2) is 9.97 Å². The highest BCUT2D eigenvalue weighted by molar-refractivity contribution is 5.55. The molecule has 4 heteroatoms. The lowest BCUT2D eigenvalue weighted by atomic mass is 10.2. The third-order valence-electron chi connectivity index (χ3n) is 3.20. The Balaban J connectivity index is 1.73. The van der Waals surface area contributed by atoms with Gasteiger partial charge in [0.25, 0.3) is 0 Å². The van der Waals surface area contributed by atoms with Crippen LogP contribution >= 0.6 is 0 Å². The van der Waals surface area contributed by atoms with Crippen molar-refractivity contribution in [1.29, 1.82) is 0 Å². The number of hydrogen-bond acceptors (Lipinski definition) is 4. The average molecular weight is 276 g/mol. The zero-order chi connectivity index (χ0) is 14.5. The summed E-state index contributed by atoms with van der Waals surface area (Å²) in [5, 5.41) is 3.35. The summed E-state index contributed by atoms with van der Waals surface area (Å²) in [6.45, 7) is 2.06. The Hall–Kier alpha value is -2.75. The van der Waals surface area contributed by atoms with Crippen LogP contribution in [0.3, 0.4) is 0 Å². The first-order chi connectivity index (χ1) is 10.3. The van der Waals surface area contributed by atoms with Gasteiger partial charge >= 0.3 is 0 Å². The summed E-state index contributed by atoms with van der Waals surface area (Å²) in [5.74, 6) is 0.728. The molecule has 1 unspecified atom stereocenters. The van der Waals surface area contributed by atoms with Gasteiger partial charge in [0.05, 0.1) is 29.8 Å². The molecular weight excluding hydrogens is 260 g/mol. The van der Waals surface area contributed by atoms with Crippen LogP contribution in [0.1, 0.15) is 18.7 Å².